The van der Waals surface area contributed by atoms with Crippen LogP contribution in [0, 0.1) is 23.3 Å². The number of ether oxygens (including phenoxy) is 1. The molecule has 0 saturated carbocycles. The summed E-state index contributed by atoms with van der Waals surface area (Å²) in [5.41, 5.74) is -1.27. The topological polar surface area (TPSA) is 12.5 Å². The Morgan fingerprint density at radius 1 is 0.773 bits per heavy atom. The minimum atomic E-state index is -1.38. The molecular weight excluding hydrogens is 298 g/mol. The molecule has 1 saturated heterocycles. The van der Waals surface area contributed by atoms with Gasteiger partial charge < -0.3 is 9.64 Å². The standard InChI is InChI=1S/C16H13F4NO/c17-12-11(10-4-2-1-3-5-10)13(18)15(20)16(14(12)19)21-6-8-22-9-7-21/h1-5H,6-9H2. The largest absolute Gasteiger partial charge is 0.378 e. The van der Waals surface area contributed by atoms with Gasteiger partial charge in [0, 0.05) is 13.1 Å². The highest BCUT2D eigenvalue weighted by Gasteiger charge is 2.29. The number of nitrogens with zero attached hydrogens (tertiary/aromatic N) is 1. The van der Waals surface area contributed by atoms with Gasteiger partial charge in [0.05, 0.1) is 18.8 Å². The summed E-state index contributed by atoms with van der Waals surface area (Å²) in [6, 6.07) is 7.53. The lowest BCUT2D eigenvalue weighted by molar-refractivity contribution is 0.122. The van der Waals surface area contributed by atoms with Crippen molar-refractivity contribution in [1.29, 1.82) is 0 Å². The van der Waals surface area contributed by atoms with Crippen molar-refractivity contribution in [1.82, 2.24) is 0 Å². The zero-order valence-electron chi connectivity index (χ0n) is 11.6. The number of morpholine rings is 1. The summed E-state index contributed by atoms with van der Waals surface area (Å²) in [6.45, 7) is 0.861. The molecule has 22 heavy (non-hydrogen) atoms. The highest BCUT2D eigenvalue weighted by Crippen LogP contribution is 2.36. The Morgan fingerprint density at radius 2 is 1.32 bits per heavy atom. The van der Waals surface area contributed by atoms with Crippen molar-refractivity contribution in [3.8, 4) is 11.1 Å². The lowest BCUT2D eigenvalue weighted by Gasteiger charge is -2.30. The monoisotopic (exact) mass is 311 g/mol. The molecule has 1 heterocycles. The van der Waals surface area contributed by atoms with Gasteiger partial charge in [-0.15, -0.1) is 0 Å². The van der Waals surface area contributed by atoms with E-state index in [1.54, 1.807) is 18.2 Å². The summed E-state index contributed by atoms with van der Waals surface area (Å²) in [4.78, 5) is 1.26. The first-order chi connectivity index (χ1) is 10.6. The van der Waals surface area contributed by atoms with E-state index in [0.717, 1.165) is 0 Å². The summed E-state index contributed by atoms with van der Waals surface area (Å²) in [5, 5.41) is 0. The molecule has 0 atom stereocenters. The predicted molar refractivity (Wildman–Crippen MR) is 74.7 cm³/mol. The number of hydrogen-bond acceptors (Lipinski definition) is 2. The first kappa shape index (κ1) is 14.8. The van der Waals surface area contributed by atoms with Crippen molar-refractivity contribution in [3.63, 3.8) is 0 Å². The molecule has 0 bridgehead atoms. The van der Waals surface area contributed by atoms with Crippen LogP contribution in [0.4, 0.5) is 23.2 Å². The van der Waals surface area contributed by atoms with Crippen molar-refractivity contribution in [2.45, 2.75) is 0 Å². The molecule has 0 N–H and O–H groups in total. The molecule has 2 aromatic rings. The second-order valence-corrected chi connectivity index (χ2v) is 4.94. The first-order valence-electron chi connectivity index (χ1n) is 6.85. The molecule has 0 unspecified atom stereocenters. The Morgan fingerprint density at radius 3 is 1.86 bits per heavy atom. The van der Waals surface area contributed by atoms with E-state index < -0.39 is 34.5 Å². The lowest BCUT2D eigenvalue weighted by atomic mass is 10.0. The van der Waals surface area contributed by atoms with Gasteiger partial charge in [-0.05, 0) is 5.56 Å². The van der Waals surface area contributed by atoms with Gasteiger partial charge in [0.1, 0.15) is 5.69 Å². The van der Waals surface area contributed by atoms with E-state index in [9.17, 15) is 17.6 Å². The highest BCUT2D eigenvalue weighted by atomic mass is 19.2. The molecule has 2 nitrogen and oxygen atoms in total. The quantitative estimate of drug-likeness (QED) is 0.619. The van der Waals surface area contributed by atoms with Crippen LogP contribution in [0.3, 0.4) is 0 Å². The number of rotatable bonds is 2. The maximum absolute atomic E-state index is 14.3. The zero-order valence-corrected chi connectivity index (χ0v) is 11.6. The third kappa shape index (κ3) is 2.43. The fraction of sp³-hybridized carbons (Fsp3) is 0.250. The van der Waals surface area contributed by atoms with Crippen LogP contribution in [0.2, 0.25) is 0 Å². The SMILES string of the molecule is Fc1c(F)c(N2CCOCC2)c(F)c(F)c1-c1ccccc1. The van der Waals surface area contributed by atoms with Crippen molar-refractivity contribution >= 4 is 5.69 Å². The Kier molecular flexibility index (Phi) is 4.02. The highest BCUT2D eigenvalue weighted by molar-refractivity contribution is 5.69. The maximum Gasteiger partial charge on any atom is 0.185 e. The number of hydrogen-bond donors (Lipinski definition) is 0. The molecule has 0 radical (unpaired) electrons. The van der Waals surface area contributed by atoms with Gasteiger partial charge in [-0.2, -0.15) is 0 Å². The van der Waals surface area contributed by atoms with Gasteiger partial charge in [0.15, 0.2) is 23.3 Å². The van der Waals surface area contributed by atoms with E-state index in [4.69, 9.17) is 4.74 Å². The molecule has 0 aliphatic carbocycles. The fourth-order valence-corrected chi connectivity index (χ4v) is 2.54. The fourth-order valence-electron chi connectivity index (χ4n) is 2.54. The summed E-state index contributed by atoms with van der Waals surface area (Å²) in [6.07, 6.45) is 0. The molecule has 1 aliphatic rings. The molecule has 1 fully saturated rings. The van der Waals surface area contributed by atoms with E-state index in [1.807, 2.05) is 0 Å². The van der Waals surface area contributed by atoms with E-state index in [-0.39, 0.29) is 31.9 Å². The molecule has 116 valence electrons. The van der Waals surface area contributed by atoms with Gasteiger partial charge in [0.2, 0.25) is 0 Å². The molecular formula is C16H13F4NO. The average molecular weight is 311 g/mol. The minimum absolute atomic E-state index is 0.0869. The van der Waals surface area contributed by atoms with Crippen LogP contribution in [0.15, 0.2) is 30.3 Å². The van der Waals surface area contributed by atoms with Crippen LogP contribution in [0.5, 0.6) is 0 Å². The molecule has 2 aromatic carbocycles. The normalized spacial score (nSPS) is 15.2. The number of anilines is 1. The van der Waals surface area contributed by atoms with E-state index in [0.29, 0.717) is 0 Å². The second-order valence-electron chi connectivity index (χ2n) is 4.94. The Bertz CT molecular complexity index is 655. The molecule has 0 amide bonds. The third-order valence-corrected chi connectivity index (χ3v) is 3.63. The lowest BCUT2D eigenvalue weighted by Crippen LogP contribution is -2.37. The van der Waals surface area contributed by atoms with Gasteiger partial charge >= 0.3 is 0 Å². The average Bonchev–Trinajstić information content (AvgIpc) is 2.55. The summed E-state index contributed by atoms with van der Waals surface area (Å²) in [7, 11) is 0. The van der Waals surface area contributed by atoms with Crippen LogP contribution in [-0.2, 0) is 4.74 Å². The summed E-state index contributed by atoms with van der Waals surface area (Å²) >= 11 is 0. The molecule has 1 aliphatic heterocycles. The Balaban J connectivity index is 2.16. The predicted octanol–water partition coefficient (Wildman–Crippen LogP) is 3.75. The van der Waals surface area contributed by atoms with Crippen molar-refractivity contribution in [3.05, 3.63) is 53.6 Å². The third-order valence-electron chi connectivity index (χ3n) is 3.63. The smallest absolute Gasteiger partial charge is 0.185 e. The summed E-state index contributed by atoms with van der Waals surface area (Å²) < 4.78 is 62.3. The van der Waals surface area contributed by atoms with Crippen molar-refractivity contribution < 1.29 is 22.3 Å². The van der Waals surface area contributed by atoms with Crippen molar-refractivity contribution in [2.75, 3.05) is 31.2 Å². The van der Waals surface area contributed by atoms with Crippen LogP contribution >= 0.6 is 0 Å². The minimum Gasteiger partial charge on any atom is -0.378 e. The van der Waals surface area contributed by atoms with E-state index in [1.165, 1.54) is 17.0 Å². The Labute approximate surface area is 124 Å². The number of benzene rings is 2. The Hall–Kier alpha value is -2.08. The van der Waals surface area contributed by atoms with Gasteiger partial charge in [0.25, 0.3) is 0 Å². The van der Waals surface area contributed by atoms with Crippen LogP contribution in [-0.4, -0.2) is 26.3 Å². The molecule has 0 aromatic heterocycles. The van der Waals surface area contributed by atoms with Gasteiger partial charge in [-0.25, -0.2) is 17.6 Å². The second kappa shape index (κ2) is 5.96. The van der Waals surface area contributed by atoms with Crippen molar-refractivity contribution in [2.24, 2.45) is 0 Å². The zero-order chi connectivity index (χ0) is 15.7. The van der Waals surface area contributed by atoms with Crippen LogP contribution in [0.25, 0.3) is 11.1 Å². The number of halogens is 4. The maximum atomic E-state index is 14.3. The van der Waals surface area contributed by atoms with Crippen LogP contribution < -0.4 is 4.90 Å². The van der Waals surface area contributed by atoms with Crippen LogP contribution in [0.1, 0.15) is 0 Å². The van der Waals surface area contributed by atoms with E-state index >= 15 is 0 Å². The molecule has 0 spiro atoms. The molecule has 3 rings (SSSR count). The van der Waals surface area contributed by atoms with E-state index in [2.05, 4.69) is 0 Å². The van der Waals surface area contributed by atoms with Gasteiger partial charge in [-0.3, -0.25) is 0 Å². The molecule has 6 heteroatoms. The first-order valence-corrected chi connectivity index (χ1v) is 6.85. The summed E-state index contributed by atoms with van der Waals surface area (Å²) in [5.74, 6) is -5.52. The van der Waals surface area contributed by atoms with Gasteiger partial charge in [-0.1, -0.05) is 30.3 Å².